The summed E-state index contributed by atoms with van der Waals surface area (Å²) in [5, 5.41) is 3.37. The van der Waals surface area contributed by atoms with Crippen LogP contribution in [-0.4, -0.2) is 30.2 Å². The van der Waals surface area contributed by atoms with Gasteiger partial charge in [0.15, 0.2) is 0 Å². The number of hydrazine groups is 1. The van der Waals surface area contributed by atoms with Crippen LogP contribution in [0.1, 0.15) is 25.0 Å². The van der Waals surface area contributed by atoms with Crippen molar-refractivity contribution < 1.29 is 4.74 Å². The Morgan fingerprint density at radius 2 is 2.22 bits per heavy atom. The Balaban J connectivity index is 1.92. The Morgan fingerprint density at radius 3 is 2.83 bits per heavy atom. The van der Waals surface area contributed by atoms with Gasteiger partial charge in [-0.15, -0.1) is 0 Å². The topological polar surface area (TPSA) is 85.1 Å². The van der Waals surface area contributed by atoms with Gasteiger partial charge >= 0.3 is 0 Å². The van der Waals surface area contributed by atoms with Crippen LogP contribution in [0.4, 0.5) is 11.8 Å². The first-order chi connectivity index (χ1) is 8.67. The fourth-order valence-electron chi connectivity index (χ4n) is 2.01. The van der Waals surface area contributed by atoms with Gasteiger partial charge in [0.2, 0.25) is 5.95 Å². The molecule has 1 aromatic rings. The summed E-state index contributed by atoms with van der Waals surface area (Å²) in [6.45, 7) is 3.67. The second kappa shape index (κ2) is 5.49. The van der Waals surface area contributed by atoms with Crippen LogP contribution >= 0.6 is 0 Å². The average Bonchev–Trinajstić information content (AvgIpc) is 3.14. The number of rotatable bonds is 7. The molecule has 1 heterocycles. The van der Waals surface area contributed by atoms with Gasteiger partial charge in [0.25, 0.3) is 0 Å². The molecule has 1 saturated carbocycles. The molecule has 1 aliphatic rings. The minimum Gasteiger partial charge on any atom is -0.385 e. The van der Waals surface area contributed by atoms with Gasteiger partial charge in [-0.2, -0.15) is 4.98 Å². The highest BCUT2D eigenvalue weighted by Gasteiger charge is 2.41. The summed E-state index contributed by atoms with van der Waals surface area (Å²) in [5.41, 5.74) is 3.76. The van der Waals surface area contributed by atoms with E-state index in [4.69, 9.17) is 10.6 Å². The lowest BCUT2D eigenvalue weighted by atomic mass is 10.0. The van der Waals surface area contributed by atoms with E-state index in [1.54, 1.807) is 7.11 Å². The number of nitrogens with zero attached hydrogens (tertiary/aromatic N) is 2. The van der Waals surface area contributed by atoms with E-state index >= 15 is 0 Å². The number of anilines is 2. The molecular formula is C12H21N5O. The largest absolute Gasteiger partial charge is 0.385 e. The van der Waals surface area contributed by atoms with Crippen molar-refractivity contribution in [3.05, 3.63) is 11.8 Å². The Bertz CT molecular complexity index is 405. The lowest BCUT2D eigenvalue weighted by Gasteiger charge is -2.16. The van der Waals surface area contributed by atoms with Crippen LogP contribution in [0.15, 0.2) is 6.07 Å². The van der Waals surface area contributed by atoms with E-state index in [2.05, 4.69) is 20.7 Å². The lowest BCUT2D eigenvalue weighted by Crippen LogP contribution is -2.19. The molecular weight excluding hydrogens is 230 g/mol. The summed E-state index contributed by atoms with van der Waals surface area (Å²) in [4.78, 5) is 8.43. The third-order valence-electron chi connectivity index (χ3n) is 3.42. The monoisotopic (exact) mass is 251 g/mol. The minimum atomic E-state index is 0.394. The normalized spacial score (nSPS) is 16.4. The number of aromatic nitrogens is 2. The molecule has 4 N–H and O–H groups in total. The molecule has 0 unspecified atom stereocenters. The maximum absolute atomic E-state index is 5.33. The highest BCUT2D eigenvalue weighted by Crippen LogP contribution is 2.48. The number of aryl methyl sites for hydroxylation is 1. The fourth-order valence-corrected chi connectivity index (χ4v) is 2.01. The second-order valence-corrected chi connectivity index (χ2v) is 4.96. The molecule has 0 radical (unpaired) electrons. The van der Waals surface area contributed by atoms with Crippen molar-refractivity contribution in [2.75, 3.05) is 31.0 Å². The van der Waals surface area contributed by atoms with E-state index in [0.717, 1.165) is 31.1 Å². The molecule has 1 aliphatic carbocycles. The first kappa shape index (κ1) is 13.0. The molecule has 0 amide bonds. The van der Waals surface area contributed by atoms with Crippen molar-refractivity contribution in [2.45, 2.75) is 26.2 Å². The zero-order valence-electron chi connectivity index (χ0n) is 11.0. The zero-order chi connectivity index (χ0) is 13.0. The quantitative estimate of drug-likeness (QED) is 0.500. The van der Waals surface area contributed by atoms with Crippen LogP contribution in [0.5, 0.6) is 0 Å². The summed E-state index contributed by atoms with van der Waals surface area (Å²) in [5.74, 6) is 6.59. The van der Waals surface area contributed by atoms with Gasteiger partial charge in [0.05, 0.1) is 0 Å². The first-order valence-electron chi connectivity index (χ1n) is 6.23. The first-order valence-corrected chi connectivity index (χ1v) is 6.23. The van der Waals surface area contributed by atoms with Gasteiger partial charge in [-0.1, -0.05) is 0 Å². The molecule has 6 nitrogen and oxygen atoms in total. The van der Waals surface area contributed by atoms with Crippen molar-refractivity contribution >= 4 is 11.8 Å². The summed E-state index contributed by atoms with van der Waals surface area (Å²) in [6, 6.07) is 1.92. The number of nitrogens with two attached hydrogens (primary N) is 1. The van der Waals surface area contributed by atoms with E-state index in [1.807, 2.05) is 13.0 Å². The molecule has 0 atom stereocenters. The van der Waals surface area contributed by atoms with Crippen molar-refractivity contribution in [3.8, 4) is 0 Å². The smallest absolute Gasteiger partial charge is 0.239 e. The van der Waals surface area contributed by atoms with Gasteiger partial charge in [0.1, 0.15) is 5.82 Å². The Kier molecular flexibility index (Phi) is 3.98. The van der Waals surface area contributed by atoms with Crippen LogP contribution in [0, 0.1) is 12.3 Å². The number of methoxy groups -OCH3 is 1. The number of hydrogen-bond acceptors (Lipinski definition) is 6. The molecule has 100 valence electrons. The van der Waals surface area contributed by atoms with Crippen LogP contribution in [0.3, 0.4) is 0 Å². The van der Waals surface area contributed by atoms with Crippen molar-refractivity contribution in [1.82, 2.24) is 9.97 Å². The molecule has 1 aromatic heterocycles. The van der Waals surface area contributed by atoms with Crippen molar-refractivity contribution in [1.29, 1.82) is 0 Å². The molecule has 0 saturated heterocycles. The minimum absolute atomic E-state index is 0.394. The molecule has 2 rings (SSSR count). The van der Waals surface area contributed by atoms with Crippen LogP contribution in [0.25, 0.3) is 0 Å². The van der Waals surface area contributed by atoms with Crippen LogP contribution < -0.4 is 16.6 Å². The Morgan fingerprint density at radius 1 is 1.44 bits per heavy atom. The number of hydrogen-bond donors (Lipinski definition) is 3. The van der Waals surface area contributed by atoms with E-state index in [-0.39, 0.29) is 0 Å². The van der Waals surface area contributed by atoms with Gasteiger partial charge in [-0.05, 0) is 31.6 Å². The summed E-state index contributed by atoms with van der Waals surface area (Å²) < 4.78 is 5.15. The predicted octanol–water partition coefficient (Wildman–Crippen LogP) is 1.30. The third-order valence-corrected chi connectivity index (χ3v) is 3.42. The number of ether oxygens (including phenoxy) is 1. The van der Waals surface area contributed by atoms with Crippen LogP contribution in [0.2, 0.25) is 0 Å². The van der Waals surface area contributed by atoms with E-state index in [9.17, 15) is 0 Å². The van der Waals surface area contributed by atoms with Crippen molar-refractivity contribution in [2.24, 2.45) is 11.3 Å². The van der Waals surface area contributed by atoms with Gasteiger partial charge < -0.3 is 10.1 Å². The summed E-state index contributed by atoms with van der Waals surface area (Å²) >= 11 is 0. The van der Waals surface area contributed by atoms with E-state index in [1.165, 1.54) is 12.8 Å². The zero-order valence-corrected chi connectivity index (χ0v) is 11.0. The highest BCUT2D eigenvalue weighted by molar-refractivity contribution is 5.42. The maximum Gasteiger partial charge on any atom is 0.239 e. The Labute approximate surface area is 107 Å². The molecule has 6 heteroatoms. The standard InChI is InChI=1S/C12H21N5O/c1-9-7-10(16-11(15-9)17-13)14-8-12(3-4-12)5-6-18-2/h7H,3-6,8,13H2,1-2H3,(H2,14,15,16,17). The van der Waals surface area contributed by atoms with E-state index < -0.39 is 0 Å². The highest BCUT2D eigenvalue weighted by atomic mass is 16.5. The molecule has 0 spiro atoms. The van der Waals surface area contributed by atoms with Crippen molar-refractivity contribution in [3.63, 3.8) is 0 Å². The number of nitrogen functional groups attached to an aromatic ring is 1. The second-order valence-electron chi connectivity index (χ2n) is 4.96. The van der Waals surface area contributed by atoms with Crippen LogP contribution in [-0.2, 0) is 4.74 Å². The van der Waals surface area contributed by atoms with E-state index in [0.29, 0.717) is 11.4 Å². The Hall–Kier alpha value is -1.40. The van der Waals surface area contributed by atoms with Gasteiger partial charge in [-0.25, -0.2) is 10.8 Å². The maximum atomic E-state index is 5.33. The summed E-state index contributed by atoms with van der Waals surface area (Å²) in [7, 11) is 1.75. The molecule has 0 aromatic carbocycles. The number of nitrogens with one attached hydrogen (secondary N) is 2. The molecule has 0 aliphatic heterocycles. The SMILES string of the molecule is COCCC1(CNc2cc(C)nc(NN)n2)CC1. The lowest BCUT2D eigenvalue weighted by molar-refractivity contribution is 0.175. The molecule has 18 heavy (non-hydrogen) atoms. The molecule has 1 fully saturated rings. The fraction of sp³-hybridized carbons (Fsp3) is 0.667. The van der Waals surface area contributed by atoms with Gasteiger partial charge in [0, 0.05) is 32.0 Å². The predicted molar refractivity (Wildman–Crippen MR) is 71.2 cm³/mol. The van der Waals surface area contributed by atoms with Gasteiger partial charge in [-0.3, -0.25) is 5.43 Å². The average molecular weight is 251 g/mol. The summed E-state index contributed by atoms with van der Waals surface area (Å²) in [6.07, 6.45) is 3.62. The molecule has 0 bridgehead atoms. The third kappa shape index (κ3) is 3.30.